The fourth-order valence-electron chi connectivity index (χ4n) is 1.54. The van der Waals surface area contributed by atoms with E-state index in [1.807, 2.05) is 18.2 Å². The number of hydrogen-bond donors (Lipinski definition) is 1. The van der Waals surface area contributed by atoms with Crippen LogP contribution in [-0.2, 0) is 0 Å². The largest absolute Gasteiger partial charge is 0.463 e. The minimum atomic E-state index is 0.832. The monoisotopic (exact) mass is 189 g/mol. The lowest BCUT2D eigenvalue weighted by Crippen LogP contribution is -1.72. The van der Waals surface area contributed by atoms with Gasteiger partial charge in [-0.15, -0.1) is 11.3 Å². The molecule has 2 nitrogen and oxygen atoms in total. The van der Waals surface area contributed by atoms with Crippen molar-refractivity contribution in [2.75, 3.05) is 5.73 Å². The molecule has 0 radical (unpaired) electrons. The predicted molar refractivity (Wildman–Crippen MR) is 56.0 cm³/mol. The molecule has 2 N–H and O–H groups in total. The van der Waals surface area contributed by atoms with E-state index in [9.17, 15) is 0 Å². The zero-order chi connectivity index (χ0) is 8.84. The molecule has 0 unspecified atom stereocenters. The summed E-state index contributed by atoms with van der Waals surface area (Å²) < 4.78 is 6.54. The fraction of sp³-hybridized carbons (Fsp3) is 0. The third kappa shape index (κ3) is 0.876. The van der Waals surface area contributed by atoms with Gasteiger partial charge in [0.2, 0.25) is 0 Å². The fourth-order valence-corrected chi connectivity index (χ4v) is 2.47. The maximum atomic E-state index is 5.73. The normalized spacial score (nSPS) is 11.4. The highest BCUT2D eigenvalue weighted by Gasteiger charge is 2.05. The second kappa shape index (κ2) is 2.26. The Balaban J connectivity index is 2.64. The molecule has 2 aromatic heterocycles. The van der Waals surface area contributed by atoms with Crippen molar-refractivity contribution in [2.24, 2.45) is 0 Å². The highest BCUT2D eigenvalue weighted by atomic mass is 32.1. The number of thiophene rings is 1. The van der Waals surface area contributed by atoms with Gasteiger partial charge in [0.25, 0.3) is 0 Å². The molecule has 2 heterocycles. The molecule has 64 valence electrons. The molecule has 0 atom stereocenters. The first-order chi connectivity index (χ1) is 6.34. The van der Waals surface area contributed by atoms with Crippen LogP contribution in [0.3, 0.4) is 0 Å². The van der Waals surface area contributed by atoms with Gasteiger partial charge in [-0.3, -0.25) is 0 Å². The summed E-state index contributed by atoms with van der Waals surface area (Å²) in [5, 5.41) is 3.12. The Labute approximate surface area is 78.6 Å². The SMILES string of the molecule is Nc1cc2ccc3ccoc3c2s1. The maximum Gasteiger partial charge on any atom is 0.151 e. The first kappa shape index (κ1) is 6.97. The Kier molecular flexibility index (Phi) is 1.21. The number of hydrogen-bond acceptors (Lipinski definition) is 3. The van der Waals surface area contributed by atoms with Crippen molar-refractivity contribution in [1.29, 1.82) is 0 Å². The predicted octanol–water partition coefficient (Wildman–Crippen LogP) is 3.23. The van der Waals surface area contributed by atoms with Crippen LogP contribution >= 0.6 is 11.3 Å². The number of rotatable bonds is 0. The molecular formula is C10H7NOS. The first-order valence-electron chi connectivity index (χ1n) is 4.00. The number of nitrogen functional groups attached to an aromatic ring is 1. The summed E-state index contributed by atoms with van der Waals surface area (Å²) >= 11 is 1.57. The minimum absolute atomic E-state index is 0.832. The zero-order valence-electron chi connectivity index (χ0n) is 6.78. The molecule has 0 saturated carbocycles. The van der Waals surface area contributed by atoms with Crippen molar-refractivity contribution in [2.45, 2.75) is 0 Å². The standard InChI is InChI=1S/C10H7NOS/c11-8-5-7-2-1-6-3-4-12-9(6)10(7)13-8/h1-5H,11H2. The lowest BCUT2D eigenvalue weighted by molar-refractivity contribution is 0.619. The average molecular weight is 189 g/mol. The summed E-state index contributed by atoms with van der Waals surface area (Å²) in [5.41, 5.74) is 6.67. The van der Waals surface area contributed by atoms with Gasteiger partial charge in [0.15, 0.2) is 5.58 Å². The highest BCUT2D eigenvalue weighted by molar-refractivity contribution is 7.23. The molecule has 0 amide bonds. The lowest BCUT2D eigenvalue weighted by atomic mass is 10.2. The van der Waals surface area contributed by atoms with E-state index in [1.165, 1.54) is 0 Å². The molecule has 0 aliphatic rings. The first-order valence-corrected chi connectivity index (χ1v) is 4.81. The van der Waals surface area contributed by atoms with Gasteiger partial charge in [-0.25, -0.2) is 0 Å². The van der Waals surface area contributed by atoms with E-state index in [4.69, 9.17) is 10.2 Å². The molecule has 0 spiro atoms. The Hall–Kier alpha value is -1.48. The van der Waals surface area contributed by atoms with Gasteiger partial charge in [0, 0.05) is 5.39 Å². The smallest absolute Gasteiger partial charge is 0.151 e. The molecule has 1 aromatic carbocycles. The number of furan rings is 1. The van der Waals surface area contributed by atoms with Gasteiger partial charge >= 0.3 is 0 Å². The lowest BCUT2D eigenvalue weighted by Gasteiger charge is -1.89. The highest BCUT2D eigenvalue weighted by Crippen LogP contribution is 2.34. The van der Waals surface area contributed by atoms with Crippen molar-refractivity contribution < 1.29 is 4.42 Å². The third-order valence-corrected chi connectivity index (χ3v) is 3.10. The second-order valence-electron chi connectivity index (χ2n) is 2.97. The summed E-state index contributed by atoms with van der Waals surface area (Å²) in [7, 11) is 0. The maximum absolute atomic E-state index is 5.73. The summed E-state index contributed by atoms with van der Waals surface area (Å²) in [6, 6.07) is 8.06. The van der Waals surface area contributed by atoms with Crippen LogP contribution in [0, 0.1) is 0 Å². The van der Waals surface area contributed by atoms with Gasteiger partial charge < -0.3 is 10.2 Å². The Morgan fingerprint density at radius 2 is 2.00 bits per heavy atom. The zero-order valence-corrected chi connectivity index (χ0v) is 7.60. The van der Waals surface area contributed by atoms with E-state index in [0.29, 0.717) is 0 Å². The van der Waals surface area contributed by atoms with Crippen LogP contribution in [0.15, 0.2) is 34.9 Å². The Bertz CT molecular complexity index is 579. The third-order valence-electron chi connectivity index (χ3n) is 2.12. The molecule has 3 aromatic rings. The van der Waals surface area contributed by atoms with Crippen molar-refractivity contribution >= 4 is 37.4 Å². The van der Waals surface area contributed by atoms with E-state index in [1.54, 1.807) is 17.6 Å². The quantitative estimate of drug-likeness (QED) is 0.589. The molecular weight excluding hydrogens is 182 g/mol. The molecule has 3 rings (SSSR count). The van der Waals surface area contributed by atoms with Crippen molar-refractivity contribution in [3.8, 4) is 0 Å². The van der Waals surface area contributed by atoms with Crippen molar-refractivity contribution in [3.63, 3.8) is 0 Å². The molecule has 13 heavy (non-hydrogen) atoms. The summed E-state index contributed by atoms with van der Waals surface area (Å²) in [6.07, 6.45) is 1.71. The van der Waals surface area contributed by atoms with E-state index in [-0.39, 0.29) is 0 Å². The van der Waals surface area contributed by atoms with Gasteiger partial charge in [-0.2, -0.15) is 0 Å². The van der Waals surface area contributed by atoms with Crippen molar-refractivity contribution in [3.05, 3.63) is 30.5 Å². The van der Waals surface area contributed by atoms with E-state index in [2.05, 4.69) is 6.07 Å². The number of benzene rings is 1. The van der Waals surface area contributed by atoms with Crippen LogP contribution < -0.4 is 5.73 Å². The van der Waals surface area contributed by atoms with Crippen LogP contribution in [0.25, 0.3) is 21.1 Å². The van der Waals surface area contributed by atoms with E-state index < -0.39 is 0 Å². The molecule has 0 aliphatic carbocycles. The Morgan fingerprint density at radius 1 is 1.15 bits per heavy atom. The second-order valence-corrected chi connectivity index (χ2v) is 4.06. The van der Waals surface area contributed by atoms with Gasteiger partial charge in [-0.1, -0.05) is 12.1 Å². The summed E-state index contributed by atoms with van der Waals surface area (Å²) in [6.45, 7) is 0. The van der Waals surface area contributed by atoms with Crippen LogP contribution in [0.4, 0.5) is 5.00 Å². The number of anilines is 1. The average Bonchev–Trinajstić information content (AvgIpc) is 2.65. The van der Waals surface area contributed by atoms with Crippen LogP contribution in [0.1, 0.15) is 0 Å². The van der Waals surface area contributed by atoms with E-state index in [0.717, 1.165) is 26.1 Å². The topological polar surface area (TPSA) is 39.2 Å². The molecule has 0 bridgehead atoms. The molecule has 3 heteroatoms. The molecule has 0 saturated heterocycles. The van der Waals surface area contributed by atoms with Crippen LogP contribution in [-0.4, -0.2) is 0 Å². The van der Waals surface area contributed by atoms with Crippen LogP contribution in [0.2, 0.25) is 0 Å². The molecule has 0 aliphatic heterocycles. The van der Waals surface area contributed by atoms with Crippen LogP contribution in [0.5, 0.6) is 0 Å². The minimum Gasteiger partial charge on any atom is -0.463 e. The van der Waals surface area contributed by atoms with Gasteiger partial charge in [0.1, 0.15) is 0 Å². The molecule has 0 fully saturated rings. The van der Waals surface area contributed by atoms with Gasteiger partial charge in [-0.05, 0) is 17.5 Å². The van der Waals surface area contributed by atoms with Crippen molar-refractivity contribution in [1.82, 2.24) is 0 Å². The van der Waals surface area contributed by atoms with E-state index >= 15 is 0 Å². The number of fused-ring (bicyclic) bond motifs is 3. The Morgan fingerprint density at radius 3 is 2.92 bits per heavy atom. The van der Waals surface area contributed by atoms with Gasteiger partial charge in [0.05, 0.1) is 16.0 Å². The number of nitrogens with two attached hydrogens (primary N) is 1. The summed E-state index contributed by atoms with van der Waals surface area (Å²) in [4.78, 5) is 0. The summed E-state index contributed by atoms with van der Waals surface area (Å²) in [5.74, 6) is 0.